The van der Waals surface area contributed by atoms with Gasteiger partial charge in [0.05, 0.1) is 11.7 Å². The fraction of sp³-hybridized carbons (Fsp3) is 0.214. The summed E-state index contributed by atoms with van der Waals surface area (Å²) in [5.41, 5.74) is 5.91. The minimum Gasteiger partial charge on any atom is -0.384 e. The topological polar surface area (TPSA) is 89.9 Å². The molecule has 0 aliphatic heterocycles. The van der Waals surface area contributed by atoms with Crippen LogP contribution in [-0.2, 0) is 5.60 Å². The van der Waals surface area contributed by atoms with Crippen LogP contribution in [0.1, 0.15) is 19.5 Å². The first-order chi connectivity index (χ1) is 10.3. The number of hydrogen-bond donors (Lipinski definition) is 2. The van der Waals surface area contributed by atoms with Gasteiger partial charge in [-0.2, -0.15) is 10.1 Å². The lowest BCUT2D eigenvalue weighted by molar-refractivity contribution is 0.0749. The highest BCUT2D eigenvalue weighted by atomic mass is 127. The SMILES string of the molecule is CC(C)(O)c1nn(-c2nc(N)ncc2Cl)c2cc(I)ccc12. The van der Waals surface area contributed by atoms with Gasteiger partial charge < -0.3 is 10.8 Å². The van der Waals surface area contributed by atoms with Crippen LogP contribution in [0.2, 0.25) is 5.02 Å². The Bertz CT molecular complexity index is 872. The molecule has 8 heteroatoms. The van der Waals surface area contributed by atoms with E-state index in [9.17, 15) is 5.11 Å². The smallest absolute Gasteiger partial charge is 0.222 e. The molecule has 0 unspecified atom stereocenters. The Morgan fingerprint density at radius 1 is 1.36 bits per heavy atom. The average molecular weight is 430 g/mol. The first kappa shape index (κ1) is 15.4. The van der Waals surface area contributed by atoms with Crippen molar-refractivity contribution in [2.45, 2.75) is 19.4 Å². The van der Waals surface area contributed by atoms with E-state index in [1.807, 2.05) is 18.2 Å². The molecule has 0 bridgehead atoms. The Balaban J connectivity index is 2.39. The molecule has 0 fully saturated rings. The van der Waals surface area contributed by atoms with Crippen molar-refractivity contribution in [3.05, 3.63) is 38.7 Å². The van der Waals surface area contributed by atoms with Crippen molar-refractivity contribution in [3.8, 4) is 5.82 Å². The molecule has 0 radical (unpaired) electrons. The van der Waals surface area contributed by atoms with Gasteiger partial charge in [-0.15, -0.1) is 0 Å². The van der Waals surface area contributed by atoms with Crippen LogP contribution >= 0.6 is 34.2 Å². The van der Waals surface area contributed by atoms with Gasteiger partial charge in [0, 0.05) is 8.96 Å². The molecule has 22 heavy (non-hydrogen) atoms. The van der Waals surface area contributed by atoms with Gasteiger partial charge in [-0.25, -0.2) is 9.67 Å². The Labute approximate surface area is 145 Å². The third-order valence-electron chi connectivity index (χ3n) is 3.17. The van der Waals surface area contributed by atoms with Crippen LogP contribution in [0.5, 0.6) is 0 Å². The highest BCUT2D eigenvalue weighted by Crippen LogP contribution is 2.31. The lowest BCUT2D eigenvalue weighted by Gasteiger charge is -2.14. The maximum absolute atomic E-state index is 10.4. The molecule has 3 N–H and O–H groups in total. The number of nitrogens with zero attached hydrogens (tertiary/aromatic N) is 4. The van der Waals surface area contributed by atoms with E-state index < -0.39 is 5.60 Å². The Morgan fingerprint density at radius 3 is 2.77 bits per heavy atom. The number of halogens is 2. The third-order valence-corrected chi connectivity index (χ3v) is 4.11. The zero-order valence-corrected chi connectivity index (χ0v) is 14.8. The van der Waals surface area contributed by atoms with Crippen molar-refractivity contribution >= 4 is 51.0 Å². The number of hydrogen-bond acceptors (Lipinski definition) is 5. The number of nitrogen functional groups attached to an aromatic ring is 1. The predicted octanol–water partition coefficient (Wildman–Crippen LogP) is 2.88. The monoisotopic (exact) mass is 429 g/mol. The van der Waals surface area contributed by atoms with E-state index in [0.717, 1.165) is 14.5 Å². The lowest BCUT2D eigenvalue weighted by Crippen LogP contribution is -2.17. The summed E-state index contributed by atoms with van der Waals surface area (Å²) in [6, 6.07) is 5.83. The van der Waals surface area contributed by atoms with Crippen LogP contribution in [0.25, 0.3) is 16.7 Å². The van der Waals surface area contributed by atoms with Gasteiger partial charge >= 0.3 is 0 Å². The normalized spacial score (nSPS) is 12.0. The summed E-state index contributed by atoms with van der Waals surface area (Å²) in [6.07, 6.45) is 1.43. The van der Waals surface area contributed by atoms with Crippen molar-refractivity contribution in [1.82, 2.24) is 19.7 Å². The number of rotatable bonds is 2. The number of benzene rings is 1. The first-order valence-corrected chi connectivity index (χ1v) is 7.92. The van der Waals surface area contributed by atoms with Crippen molar-refractivity contribution in [3.63, 3.8) is 0 Å². The number of aliphatic hydroxyl groups is 1. The van der Waals surface area contributed by atoms with Crippen LogP contribution in [-0.4, -0.2) is 24.9 Å². The highest BCUT2D eigenvalue weighted by molar-refractivity contribution is 14.1. The third kappa shape index (κ3) is 2.64. The maximum Gasteiger partial charge on any atom is 0.222 e. The van der Waals surface area contributed by atoms with Crippen molar-refractivity contribution in [2.75, 3.05) is 5.73 Å². The van der Waals surface area contributed by atoms with Gasteiger partial charge in [-0.05, 0) is 54.6 Å². The zero-order valence-electron chi connectivity index (χ0n) is 11.9. The summed E-state index contributed by atoms with van der Waals surface area (Å²) < 4.78 is 2.62. The van der Waals surface area contributed by atoms with E-state index in [4.69, 9.17) is 17.3 Å². The second-order valence-corrected chi connectivity index (χ2v) is 7.03. The van der Waals surface area contributed by atoms with Crippen molar-refractivity contribution in [2.24, 2.45) is 0 Å². The molecule has 0 saturated carbocycles. The molecule has 0 aliphatic rings. The van der Waals surface area contributed by atoms with E-state index in [1.165, 1.54) is 6.20 Å². The predicted molar refractivity (Wildman–Crippen MR) is 94.0 cm³/mol. The molecule has 0 aliphatic carbocycles. The van der Waals surface area contributed by atoms with Crippen molar-refractivity contribution < 1.29 is 5.11 Å². The Kier molecular flexibility index (Phi) is 3.74. The van der Waals surface area contributed by atoms with Crippen LogP contribution in [0, 0.1) is 3.57 Å². The van der Waals surface area contributed by atoms with E-state index in [2.05, 4.69) is 37.7 Å². The zero-order chi connectivity index (χ0) is 16.1. The van der Waals surface area contributed by atoms with Crippen LogP contribution < -0.4 is 5.73 Å². The molecular formula is C14H13ClIN5O. The standard InChI is InChI=1S/C14H13ClIN5O/c1-14(2,22)11-8-4-3-7(16)5-10(8)21(20-11)12-9(15)6-18-13(17)19-12/h3-6,22H,1-2H3,(H2,17,18,19). The largest absolute Gasteiger partial charge is 0.384 e. The first-order valence-electron chi connectivity index (χ1n) is 6.47. The molecule has 6 nitrogen and oxygen atoms in total. The minimum absolute atomic E-state index is 0.110. The van der Waals surface area contributed by atoms with E-state index in [-0.39, 0.29) is 5.95 Å². The molecule has 114 valence electrons. The summed E-state index contributed by atoms with van der Waals surface area (Å²) in [4.78, 5) is 8.03. The molecule has 0 saturated heterocycles. The van der Waals surface area contributed by atoms with E-state index in [1.54, 1.807) is 18.5 Å². The fourth-order valence-corrected chi connectivity index (χ4v) is 2.87. The van der Waals surface area contributed by atoms with Crippen LogP contribution in [0.15, 0.2) is 24.4 Å². The van der Waals surface area contributed by atoms with Gasteiger partial charge in [0.15, 0.2) is 5.82 Å². The molecule has 0 amide bonds. The highest BCUT2D eigenvalue weighted by Gasteiger charge is 2.25. The molecule has 0 atom stereocenters. The van der Waals surface area contributed by atoms with Crippen LogP contribution in [0.3, 0.4) is 0 Å². The molecule has 2 aromatic heterocycles. The van der Waals surface area contributed by atoms with E-state index >= 15 is 0 Å². The maximum atomic E-state index is 10.4. The summed E-state index contributed by atoms with van der Waals surface area (Å²) in [6.45, 7) is 3.38. The number of aromatic nitrogens is 4. The summed E-state index contributed by atoms with van der Waals surface area (Å²) in [5, 5.41) is 16.0. The van der Waals surface area contributed by atoms with Crippen molar-refractivity contribution in [1.29, 1.82) is 0 Å². The molecule has 0 spiro atoms. The number of fused-ring (bicyclic) bond motifs is 1. The Morgan fingerprint density at radius 2 is 2.09 bits per heavy atom. The molecular weight excluding hydrogens is 417 g/mol. The van der Waals surface area contributed by atoms with Gasteiger partial charge in [-0.3, -0.25) is 0 Å². The van der Waals surface area contributed by atoms with Gasteiger partial charge in [0.1, 0.15) is 16.3 Å². The second-order valence-electron chi connectivity index (χ2n) is 5.38. The summed E-state index contributed by atoms with van der Waals surface area (Å²) >= 11 is 8.40. The van der Waals surface area contributed by atoms with Crippen LogP contribution in [0.4, 0.5) is 5.95 Å². The minimum atomic E-state index is -1.10. The quantitative estimate of drug-likeness (QED) is 0.612. The molecule has 3 rings (SSSR count). The molecule has 1 aromatic carbocycles. The van der Waals surface area contributed by atoms with E-state index in [0.29, 0.717) is 16.5 Å². The summed E-state index contributed by atoms with van der Waals surface area (Å²) in [5.74, 6) is 0.496. The lowest BCUT2D eigenvalue weighted by atomic mass is 10.0. The summed E-state index contributed by atoms with van der Waals surface area (Å²) in [7, 11) is 0. The number of nitrogens with two attached hydrogens (primary N) is 1. The fourth-order valence-electron chi connectivity index (χ4n) is 2.22. The second kappa shape index (κ2) is 5.32. The Hall–Kier alpha value is -1.45. The van der Waals surface area contributed by atoms with Gasteiger partial charge in [0.2, 0.25) is 5.95 Å². The molecule has 2 heterocycles. The molecule has 3 aromatic rings. The number of anilines is 1. The van der Waals surface area contributed by atoms with Gasteiger partial charge in [0.25, 0.3) is 0 Å². The average Bonchev–Trinajstić information content (AvgIpc) is 2.80. The van der Waals surface area contributed by atoms with Gasteiger partial charge in [-0.1, -0.05) is 11.6 Å².